The minimum atomic E-state index is -0.674. The van der Waals surface area contributed by atoms with Gasteiger partial charge in [-0.2, -0.15) is 0 Å². The molecule has 2 amide bonds. The molecule has 3 rings (SSSR count). The fourth-order valence-corrected chi connectivity index (χ4v) is 2.60. The van der Waals surface area contributed by atoms with Gasteiger partial charge in [0.15, 0.2) is 5.76 Å². The zero-order chi connectivity index (χ0) is 18.8. The Balaban J connectivity index is 1.76. The fourth-order valence-electron chi connectivity index (χ4n) is 2.60. The van der Waals surface area contributed by atoms with Gasteiger partial charge in [-0.1, -0.05) is 24.3 Å². The summed E-state index contributed by atoms with van der Waals surface area (Å²) >= 11 is 0. The number of non-ortho nitro benzene ring substituents is 1. The summed E-state index contributed by atoms with van der Waals surface area (Å²) in [5, 5.41) is 11.6. The van der Waals surface area contributed by atoms with E-state index in [1.165, 1.54) is 18.2 Å². The largest absolute Gasteiger partial charge is 0.450 e. The molecule has 0 atom stereocenters. The third-order valence-electron chi connectivity index (χ3n) is 3.98. The number of aryl methyl sites for hydroxylation is 2. The molecule has 0 aliphatic heterocycles. The van der Waals surface area contributed by atoms with Gasteiger partial charge in [0.25, 0.3) is 11.6 Å². The molecule has 8 nitrogen and oxygen atoms in total. The van der Waals surface area contributed by atoms with Crippen molar-refractivity contribution in [3.05, 3.63) is 75.0 Å². The number of rotatable bonds is 3. The molecule has 3 aromatic rings. The number of nitro groups is 1. The molecule has 0 saturated carbocycles. The summed E-state index contributed by atoms with van der Waals surface area (Å²) in [6.45, 7) is 3.62. The van der Waals surface area contributed by atoms with Gasteiger partial charge in [-0.05, 0) is 25.5 Å². The number of amides is 2. The standard InChI is InChI=1S/C18H15N3O5/c1-10-5-3-8-14-11(2)16(26-15(10)14)18(23)20-19-17(22)12-6-4-7-13(9-12)21(24)25/h3-9H,1-2H3,(H,19,22)(H,20,23). The SMILES string of the molecule is Cc1c(C(=O)NNC(=O)c2cccc([N+](=O)[O-])c2)oc2c(C)cccc12. The highest BCUT2D eigenvalue weighted by Gasteiger charge is 2.19. The molecule has 0 bridgehead atoms. The summed E-state index contributed by atoms with van der Waals surface area (Å²) < 4.78 is 5.63. The lowest BCUT2D eigenvalue weighted by Crippen LogP contribution is -2.41. The van der Waals surface area contributed by atoms with Crippen LogP contribution in [0.5, 0.6) is 0 Å². The molecular formula is C18H15N3O5. The summed E-state index contributed by atoms with van der Waals surface area (Å²) in [5.74, 6) is -1.20. The van der Waals surface area contributed by atoms with E-state index in [2.05, 4.69) is 10.9 Å². The maximum Gasteiger partial charge on any atom is 0.305 e. The molecule has 0 unspecified atom stereocenters. The Morgan fingerprint density at radius 2 is 1.73 bits per heavy atom. The van der Waals surface area contributed by atoms with Crippen LogP contribution in [0, 0.1) is 24.0 Å². The summed E-state index contributed by atoms with van der Waals surface area (Å²) in [6.07, 6.45) is 0. The minimum Gasteiger partial charge on any atom is -0.450 e. The number of hydrogen-bond acceptors (Lipinski definition) is 5. The summed E-state index contributed by atoms with van der Waals surface area (Å²) in [4.78, 5) is 34.6. The average Bonchev–Trinajstić information content (AvgIpc) is 2.98. The van der Waals surface area contributed by atoms with Crippen LogP contribution in [-0.4, -0.2) is 16.7 Å². The van der Waals surface area contributed by atoms with Crippen molar-refractivity contribution in [3.63, 3.8) is 0 Å². The van der Waals surface area contributed by atoms with E-state index >= 15 is 0 Å². The van der Waals surface area contributed by atoms with Crippen LogP contribution in [-0.2, 0) is 0 Å². The predicted molar refractivity (Wildman–Crippen MR) is 93.7 cm³/mol. The first-order valence-corrected chi connectivity index (χ1v) is 7.72. The van der Waals surface area contributed by atoms with Crippen LogP contribution in [0.25, 0.3) is 11.0 Å². The molecule has 2 aromatic carbocycles. The topological polar surface area (TPSA) is 114 Å². The number of furan rings is 1. The number of hydrogen-bond donors (Lipinski definition) is 2. The van der Waals surface area contributed by atoms with E-state index in [4.69, 9.17) is 4.42 Å². The molecule has 1 heterocycles. The number of para-hydroxylation sites is 1. The van der Waals surface area contributed by atoms with Crippen LogP contribution in [0.1, 0.15) is 32.0 Å². The Bertz CT molecular complexity index is 1040. The van der Waals surface area contributed by atoms with Crippen molar-refractivity contribution in [2.45, 2.75) is 13.8 Å². The predicted octanol–water partition coefficient (Wildman–Crippen LogP) is 3.03. The maximum absolute atomic E-state index is 12.3. The highest BCUT2D eigenvalue weighted by atomic mass is 16.6. The Morgan fingerprint density at radius 1 is 1.04 bits per heavy atom. The van der Waals surface area contributed by atoms with E-state index < -0.39 is 16.7 Å². The molecule has 2 N–H and O–H groups in total. The maximum atomic E-state index is 12.3. The highest BCUT2D eigenvalue weighted by Crippen LogP contribution is 2.27. The molecule has 26 heavy (non-hydrogen) atoms. The summed E-state index contributed by atoms with van der Waals surface area (Å²) in [6, 6.07) is 10.8. The van der Waals surface area contributed by atoms with E-state index in [1.54, 1.807) is 6.92 Å². The molecule has 0 fully saturated rings. The van der Waals surface area contributed by atoms with Gasteiger partial charge >= 0.3 is 5.91 Å². The molecule has 0 aliphatic carbocycles. The highest BCUT2D eigenvalue weighted by molar-refractivity contribution is 6.01. The first kappa shape index (κ1) is 17.2. The average molecular weight is 353 g/mol. The molecule has 1 aromatic heterocycles. The van der Waals surface area contributed by atoms with Crippen LogP contribution in [0.2, 0.25) is 0 Å². The van der Waals surface area contributed by atoms with Crippen LogP contribution < -0.4 is 10.9 Å². The molecule has 0 saturated heterocycles. The lowest BCUT2D eigenvalue weighted by molar-refractivity contribution is -0.384. The summed E-state index contributed by atoms with van der Waals surface area (Å²) in [5.41, 5.74) is 6.49. The monoisotopic (exact) mass is 353 g/mol. The number of carbonyl (C=O) groups is 2. The Kier molecular flexibility index (Phi) is 4.40. The van der Waals surface area contributed by atoms with Gasteiger partial charge in [0.05, 0.1) is 4.92 Å². The Labute approximate surface area is 147 Å². The van der Waals surface area contributed by atoms with Crippen molar-refractivity contribution in [2.24, 2.45) is 0 Å². The van der Waals surface area contributed by atoms with E-state index in [-0.39, 0.29) is 17.0 Å². The van der Waals surface area contributed by atoms with Crippen LogP contribution in [0.4, 0.5) is 5.69 Å². The third-order valence-corrected chi connectivity index (χ3v) is 3.98. The van der Waals surface area contributed by atoms with Crippen molar-refractivity contribution in [2.75, 3.05) is 0 Å². The fraction of sp³-hybridized carbons (Fsp3) is 0.111. The number of nitrogens with one attached hydrogen (secondary N) is 2. The Morgan fingerprint density at radius 3 is 2.42 bits per heavy atom. The third kappa shape index (κ3) is 3.12. The van der Waals surface area contributed by atoms with Crippen LogP contribution in [0.15, 0.2) is 46.9 Å². The minimum absolute atomic E-state index is 0.0525. The van der Waals surface area contributed by atoms with Gasteiger partial charge in [-0.25, -0.2) is 0 Å². The van der Waals surface area contributed by atoms with E-state index in [9.17, 15) is 19.7 Å². The van der Waals surface area contributed by atoms with Crippen LogP contribution in [0.3, 0.4) is 0 Å². The van der Waals surface area contributed by atoms with Gasteiger partial charge in [-0.3, -0.25) is 30.6 Å². The molecule has 8 heteroatoms. The van der Waals surface area contributed by atoms with Gasteiger partial charge in [0, 0.05) is 28.6 Å². The first-order chi connectivity index (χ1) is 12.4. The van der Waals surface area contributed by atoms with Crippen molar-refractivity contribution in [1.29, 1.82) is 0 Å². The smallest absolute Gasteiger partial charge is 0.305 e. The molecular weight excluding hydrogens is 338 g/mol. The number of benzene rings is 2. The van der Waals surface area contributed by atoms with Gasteiger partial charge in [-0.15, -0.1) is 0 Å². The number of nitro benzene ring substituents is 1. The van der Waals surface area contributed by atoms with E-state index in [0.717, 1.165) is 17.0 Å². The lowest BCUT2D eigenvalue weighted by atomic mass is 10.1. The Hall–Kier alpha value is -3.68. The van der Waals surface area contributed by atoms with Crippen molar-refractivity contribution >= 4 is 28.5 Å². The molecule has 0 aliphatic rings. The van der Waals surface area contributed by atoms with Gasteiger partial charge in [0.2, 0.25) is 0 Å². The van der Waals surface area contributed by atoms with Crippen LogP contribution >= 0.6 is 0 Å². The lowest BCUT2D eigenvalue weighted by Gasteiger charge is -2.06. The zero-order valence-electron chi connectivity index (χ0n) is 14.0. The quantitative estimate of drug-likeness (QED) is 0.555. The summed E-state index contributed by atoms with van der Waals surface area (Å²) in [7, 11) is 0. The molecule has 132 valence electrons. The number of carbonyl (C=O) groups excluding carboxylic acids is 2. The van der Waals surface area contributed by atoms with Gasteiger partial charge < -0.3 is 4.42 Å². The number of fused-ring (bicyclic) bond motifs is 1. The number of nitrogens with zero attached hydrogens (tertiary/aromatic N) is 1. The van der Waals surface area contributed by atoms with Crippen molar-refractivity contribution < 1.29 is 18.9 Å². The first-order valence-electron chi connectivity index (χ1n) is 7.72. The molecule has 0 radical (unpaired) electrons. The molecule has 0 spiro atoms. The second kappa shape index (κ2) is 6.67. The normalized spacial score (nSPS) is 10.5. The van der Waals surface area contributed by atoms with Gasteiger partial charge in [0.1, 0.15) is 5.58 Å². The van der Waals surface area contributed by atoms with Crippen molar-refractivity contribution in [1.82, 2.24) is 10.9 Å². The van der Waals surface area contributed by atoms with E-state index in [0.29, 0.717) is 11.1 Å². The zero-order valence-corrected chi connectivity index (χ0v) is 14.0. The number of hydrazine groups is 1. The second-order valence-corrected chi connectivity index (χ2v) is 5.72. The van der Waals surface area contributed by atoms with E-state index in [1.807, 2.05) is 25.1 Å². The second-order valence-electron chi connectivity index (χ2n) is 5.72. The van der Waals surface area contributed by atoms with Crippen molar-refractivity contribution in [3.8, 4) is 0 Å².